The van der Waals surface area contributed by atoms with Crippen molar-refractivity contribution in [2.75, 3.05) is 9.44 Å². The minimum Gasteiger partial charge on any atom is -0.277 e. The van der Waals surface area contributed by atoms with Gasteiger partial charge in [0.2, 0.25) is 0 Å². The van der Waals surface area contributed by atoms with Crippen LogP contribution < -0.4 is 9.44 Å². The van der Waals surface area contributed by atoms with E-state index < -0.39 is 20.0 Å². The number of rotatable bonds is 6. The number of nitrogens with one attached hydrogen (secondary N) is 2. The Labute approximate surface area is 147 Å². The number of thiophene rings is 2. The van der Waals surface area contributed by atoms with Crippen molar-refractivity contribution in [1.82, 2.24) is 0 Å². The van der Waals surface area contributed by atoms with Gasteiger partial charge in [0.15, 0.2) is 0 Å². The molecule has 0 aliphatic heterocycles. The largest absolute Gasteiger partial charge is 0.277 e. The molecular formula is C14H12N2O4S4. The SMILES string of the molecule is O=S(=O)(Nc1ccccc1NS(=O)(=O)c1cccs1)c1cccs1. The van der Waals surface area contributed by atoms with Gasteiger partial charge in [-0.15, -0.1) is 22.7 Å². The summed E-state index contributed by atoms with van der Waals surface area (Å²) in [6.45, 7) is 0. The highest BCUT2D eigenvalue weighted by molar-refractivity contribution is 7.95. The molecule has 3 aromatic rings. The predicted molar refractivity (Wildman–Crippen MR) is 96.7 cm³/mol. The first kappa shape index (κ1) is 17.0. The lowest BCUT2D eigenvalue weighted by molar-refractivity contribution is 0.601. The number of para-hydroxylation sites is 2. The van der Waals surface area contributed by atoms with Crippen LogP contribution in [-0.4, -0.2) is 16.8 Å². The van der Waals surface area contributed by atoms with E-state index in [0.29, 0.717) is 0 Å². The molecule has 2 aromatic heterocycles. The topological polar surface area (TPSA) is 92.3 Å². The Kier molecular flexibility index (Phi) is 4.63. The first-order chi connectivity index (χ1) is 11.4. The summed E-state index contributed by atoms with van der Waals surface area (Å²) in [5.41, 5.74) is 0.317. The lowest BCUT2D eigenvalue weighted by atomic mass is 10.3. The molecule has 0 saturated carbocycles. The third-order valence-electron chi connectivity index (χ3n) is 2.94. The molecule has 10 heteroatoms. The van der Waals surface area contributed by atoms with Crippen LogP contribution in [0.5, 0.6) is 0 Å². The van der Waals surface area contributed by atoms with Crippen molar-refractivity contribution in [1.29, 1.82) is 0 Å². The van der Waals surface area contributed by atoms with Gasteiger partial charge in [-0.3, -0.25) is 9.44 Å². The Balaban J connectivity index is 1.92. The molecule has 0 bridgehead atoms. The molecule has 0 atom stereocenters. The number of benzene rings is 1. The number of anilines is 2. The number of hydrogen-bond donors (Lipinski definition) is 2. The standard InChI is InChI=1S/C14H12N2O4S4/c17-23(18,13-7-3-9-21-13)15-11-5-1-2-6-12(11)16-24(19,20)14-8-4-10-22-14/h1-10,15-16H. The lowest BCUT2D eigenvalue weighted by Crippen LogP contribution is -2.16. The van der Waals surface area contributed by atoms with Crippen LogP contribution in [0.2, 0.25) is 0 Å². The Morgan fingerprint density at radius 2 is 1.04 bits per heavy atom. The first-order valence-corrected chi connectivity index (χ1v) is 11.3. The zero-order valence-corrected chi connectivity index (χ0v) is 15.3. The Morgan fingerprint density at radius 1 is 0.625 bits per heavy atom. The second kappa shape index (κ2) is 6.55. The van der Waals surface area contributed by atoms with Crippen molar-refractivity contribution in [2.45, 2.75) is 8.42 Å². The Morgan fingerprint density at radius 3 is 1.38 bits per heavy atom. The van der Waals surface area contributed by atoms with Gasteiger partial charge in [0.1, 0.15) is 8.42 Å². The fraction of sp³-hybridized carbons (Fsp3) is 0. The summed E-state index contributed by atoms with van der Waals surface area (Å²) < 4.78 is 54.5. The van der Waals surface area contributed by atoms with Crippen LogP contribution in [0.1, 0.15) is 0 Å². The molecule has 0 radical (unpaired) electrons. The third-order valence-corrected chi connectivity index (χ3v) is 8.46. The van der Waals surface area contributed by atoms with Gasteiger partial charge in [-0.1, -0.05) is 24.3 Å². The van der Waals surface area contributed by atoms with E-state index in [2.05, 4.69) is 9.44 Å². The van der Waals surface area contributed by atoms with E-state index in [4.69, 9.17) is 0 Å². The van der Waals surface area contributed by atoms with Crippen molar-refractivity contribution < 1.29 is 16.8 Å². The molecule has 1 aromatic carbocycles. The summed E-state index contributed by atoms with van der Waals surface area (Å²) in [7, 11) is -7.53. The van der Waals surface area contributed by atoms with E-state index in [9.17, 15) is 16.8 Å². The van der Waals surface area contributed by atoms with Crippen molar-refractivity contribution in [3.05, 3.63) is 59.3 Å². The molecule has 2 heterocycles. The highest BCUT2D eigenvalue weighted by Gasteiger charge is 2.20. The minimum absolute atomic E-state index is 0.151. The zero-order valence-electron chi connectivity index (χ0n) is 12.0. The van der Waals surface area contributed by atoms with Gasteiger partial charge in [0, 0.05) is 0 Å². The molecule has 0 spiro atoms. The van der Waals surface area contributed by atoms with Crippen LogP contribution in [-0.2, 0) is 20.0 Å². The Bertz CT molecular complexity index is 939. The zero-order chi connectivity index (χ0) is 17.2. The molecule has 6 nitrogen and oxygen atoms in total. The van der Waals surface area contributed by atoms with Crippen molar-refractivity contribution in [2.24, 2.45) is 0 Å². The first-order valence-electron chi connectivity index (χ1n) is 6.60. The normalized spacial score (nSPS) is 12.0. The van der Waals surface area contributed by atoms with Gasteiger partial charge < -0.3 is 0 Å². The van der Waals surface area contributed by atoms with E-state index in [-0.39, 0.29) is 19.8 Å². The van der Waals surface area contributed by atoms with Crippen molar-refractivity contribution >= 4 is 54.1 Å². The molecule has 2 N–H and O–H groups in total. The molecule has 0 aliphatic carbocycles. The van der Waals surface area contributed by atoms with Gasteiger partial charge in [0.25, 0.3) is 20.0 Å². The molecule has 0 aliphatic rings. The van der Waals surface area contributed by atoms with E-state index in [0.717, 1.165) is 22.7 Å². The van der Waals surface area contributed by atoms with E-state index >= 15 is 0 Å². The number of hydrogen-bond acceptors (Lipinski definition) is 6. The maximum absolute atomic E-state index is 12.3. The molecule has 0 unspecified atom stereocenters. The van der Waals surface area contributed by atoms with Crippen LogP contribution in [0.25, 0.3) is 0 Å². The molecule has 3 rings (SSSR count). The fourth-order valence-corrected chi connectivity index (χ4v) is 6.03. The maximum atomic E-state index is 12.3. The average molecular weight is 401 g/mol. The smallest absolute Gasteiger partial charge is 0.271 e. The summed E-state index contributed by atoms with van der Waals surface area (Å²) in [6, 6.07) is 12.4. The third kappa shape index (κ3) is 3.61. The molecule has 24 heavy (non-hydrogen) atoms. The maximum Gasteiger partial charge on any atom is 0.271 e. The van der Waals surface area contributed by atoms with Crippen LogP contribution in [0.3, 0.4) is 0 Å². The van der Waals surface area contributed by atoms with E-state index in [1.807, 2.05) is 0 Å². The van der Waals surface area contributed by atoms with Crippen molar-refractivity contribution in [3.63, 3.8) is 0 Å². The van der Waals surface area contributed by atoms with Gasteiger partial charge in [-0.25, -0.2) is 16.8 Å². The van der Waals surface area contributed by atoms with Gasteiger partial charge >= 0.3 is 0 Å². The quantitative estimate of drug-likeness (QED) is 0.663. The van der Waals surface area contributed by atoms with E-state index in [1.165, 1.54) is 24.3 Å². The Hall–Kier alpha value is -1.88. The highest BCUT2D eigenvalue weighted by atomic mass is 32.3. The highest BCUT2D eigenvalue weighted by Crippen LogP contribution is 2.28. The predicted octanol–water partition coefficient (Wildman–Crippen LogP) is 3.41. The van der Waals surface area contributed by atoms with Crippen LogP contribution in [0.4, 0.5) is 11.4 Å². The van der Waals surface area contributed by atoms with Gasteiger partial charge in [0.05, 0.1) is 11.4 Å². The average Bonchev–Trinajstić information content (AvgIpc) is 3.23. The molecule has 0 fully saturated rings. The van der Waals surface area contributed by atoms with Crippen LogP contribution in [0.15, 0.2) is 67.7 Å². The summed E-state index contributed by atoms with van der Waals surface area (Å²) in [6.07, 6.45) is 0. The summed E-state index contributed by atoms with van der Waals surface area (Å²) in [5, 5.41) is 3.31. The number of sulfonamides is 2. The summed E-state index contributed by atoms with van der Waals surface area (Å²) >= 11 is 2.16. The lowest BCUT2D eigenvalue weighted by Gasteiger charge is -2.13. The van der Waals surface area contributed by atoms with Gasteiger partial charge in [-0.2, -0.15) is 0 Å². The van der Waals surface area contributed by atoms with Crippen molar-refractivity contribution in [3.8, 4) is 0 Å². The summed E-state index contributed by atoms with van der Waals surface area (Å²) in [4.78, 5) is 0. The molecule has 0 amide bonds. The fourth-order valence-electron chi connectivity index (χ4n) is 1.88. The molecule has 0 saturated heterocycles. The van der Waals surface area contributed by atoms with E-state index in [1.54, 1.807) is 35.0 Å². The monoisotopic (exact) mass is 400 g/mol. The minimum atomic E-state index is -3.77. The van der Waals surface area contributed by atoms with Gasteiger partial charge in [-0.05, 0) is 35.0 Å². The molecular weight excluding hydrogens is 388 g/mol. The van der Waals surface area contributed by atoms with Crippen LogP contribution in [0, 0.1) is 0 Å². The second-order valence-corrected chi connectivity index (χ2v) is 10.3. The van der Waals surface area contributed by atoms with Crippen LogP contribution >= 0.6 is 22.7 Å². The summed E-state index contributed by atoms with van der Waals surface area (Å²) in [5.74, 6) is 0. The molecule has 126 valence electrons. The second-order valence-electron chi connectivity index (χ2n) is 4.62.